The fraction of sp³-hybridized carbons (Fsp3) is 0.391. The van der Waals surface area contributed by atoms with Gasteiger partial charge >= 0.3 is 0 Å². The van der Waals surface area contributed by atoms with E-state index in [1.165, 1.54) is 0 Å². The predicted molar refractivity (Wildman–Crippen MR) is 121 cm³/mol. The number of nitrogens with one attached hydrogen (secondary N) is 2. The summed E-state index contributed by atoms with van der Waals surface area (Å²) >= 11 is 0. The van der Waals surface area contributed by atoms with Crippen molar-refractivity contribution in [3.63, 3.8) is 0 Å². The van der Waals surface area contributed by atoms with Crippen LogP contribution in [0.1, 0.15) is 21.5 Å². The van der Waals surface area contributed by atoms with Gasteiger partial charge in [0.05, 0.1) is 18.9 Å². The van der Waals surface area contributed by atoms with E-state index >= 15 is 0 Å². The van der Waals surface area contributed by atoms with E-state index in [-0.39, 0.29) is 11.7 Å². The fourth-order valence-electron chi connectivity index (χ4n) is 3.34. The first-order valence-electron chi connectivity index (χ1n) is 10.3. The lowest BCUT2D eigenvalue weighted by Gasteiger charge is -2.29. The minimum atomic E-state index is -0.225. The van der Waals surface area contributed by atoms with Crippen molar-refractivity contribution in [2.24, 2.45) is 4.99 Å². The van der Waals surface area contributed by atoms with Gasteiger partial charge in [-0.25, -0.2) is 4.39 Å². The van der Waals surface area contributed by atoms with Crippen molar-refractivity contribution in [1.29, 1.82) is 0 Å². The van der Waals surface area contributed by atoms with Crippen LogP contribution in [-0.2, 0) is 17.8 Å². The quantitative estimate of drug-likeness (QED) is 0.547. The number of rotatable bonds is 6. The topological polar surface area (TPSA) is 69.2 Å². The molecule has 1 amide bonds. The van der Waals surface area contributed by atoms with Crippen LogP contribution in [0.15, 0.2) is 47.5 Å². The summed E-state index contributed by atoms with van der Waals surface area (Å²) in [6.07, 6.45) is 0. The van der Waals surface area contributed by atoms with Crippen LogP contribution in [0.25, 0.3) is 0 Å². The number of hydrogen-bond donors (Lipinski definition) is 2. The Labute approximate surface area is 182 Å². The largest absolute Gasteiger partial charge is 0.378 e. The molecule has 0 spiro atoms. The minimum absolute atomic E-state index is 0.0242. The van der Waals surface area contributed by atoms with Gasteiger partial charge in [-0.1, -0.05) is 18.2 Å². The van der Waals surface area contributed by atoms with Crippen LogP contribution in [0.3, 0.4) is 0 Å². The first kappa shape index (κ1) is 22.6. The van der Waals surface area contributed by atoms with E-state index in [1.54, 1.807) is 32.1 Å². The summed E-state index contributed by atoms with van der Waals surface area (Å²) in [6.45, 7) is 3.67. The zero-order valence-electron chi connectivity index (χ0n) is 18.3. The second-order valence-electron chi connectivity index (χ2n) is 7.56. The Morgan fingerprint density at radius 2 is 1.68 bits per heavy atom. The van der Waals surface area contributed by atoms with Crippen LogP contribution in [0.2, 0.25) is 0 Å². The van der Waals surface area contributed by atoms with Gasteiger partial charge in [0.25, 0.3) is 5.91 Å². The molecule has 0 bridgehead atoms. The molecule has 1 saturated heterocycles. The maximum Gasteiger partial charge on any atom is 0.253 e. The molecule has 2 N–H and O–H groups in total. The third-order valence-corrected chi connectivity index (χ3v) is 5.11. The zero-order chi connectivity index (χ0) is 22.2. The zero-order valence-corrected chi connectivity index (χ0v) is 18.3. The minimum Gasteiger partial charge on any atom is -0.378 e. The summed E-state index contributed by atoms with van der Waals surface area (Å²) in [5.41, 5.74) is 3.13. The number of carbonyl (C=O) groups is 1. The lowest BCUT2D eigenvalue weighted by atomic mass is 10.1. The first-order chi connectivity index (χ1) is 15.0. The molecule has 2 aromatic carbocycles. The van der Waals surface area contributed by atoms with Crippen molar-refractivity contribution in [3.8, 4) is 0 Å². The molecule has 0 saturated carbocycles. The molecule has 0 aromatic heterocycles. The van der Waals surface area contributed by atoms with Gasteiger partial charge in [0.2, 0.25) is 0 Å². The Morgan fingerprint density at radius 3 is 2.26 bits per heavy atom. The molecule has 166 valence electrons. The number of nitrogens with zero attached hydrogens (tertiary/aromatic N) is 3. The van der Waals surface area contributed by atoms with Crippen LogP contribution < -0.4 is 15.5 Å². The molecule has 0 atom stereocenters. The van der Waals surface area contributed by atoms with Gasteiger partial charge in [0.15, 0.2) is 5.96 Å². The summed E-state index contributed by atoms with van der Waals surface area (Å²) in [5.74, 6) is 0.367. The third kappa shape index (κ3) is 6.18. The summed E-state index contributed by atoms with van der Waals surface area (Å²) in [6, 6.07) is 12.8. The molecule has 2 aromatic rings. The third-order valence-electron chi connectivity index (χ3n) is 5.11. The molecule has 1 aliphatic heterocycles. The molecule has 1 heterocycles. The van der Waals surface area contributed by atoms with Gasteiger partial charge in [0, 0.05) is 52.9 Å². The summed E-state index contributed by atoms with van der Waals surface area (Å²) in [5, 5.41) is 6.44. The van der Waals surface area contributed by atoms with E-state index in [2.05, 4.69) is 15.6 Å². The Morgan fingerprint density at radius 1 is 1.06 bits per heavy atom. The average Bonchev–Trinajstić information content (AvgIpc) is 2.79. The molecule has 0 radical (unpaired) electrons. The maximum absolute atomic E-state index is 14.6. The molecule has 1 fully saturated rings. The van der Waals surface area contributed by atoms with Gasteiger partial charge < -0.3 is 25.2 Å². The predicted octanol–water partition coefficient (Wildman–Crippen LogP) is 2.23. The van der Waals surface area contributed by atoms with Crippen molar-refractivity contribution in [1.82, 2.24) is 15.5 Å². The van der Waals surface area contributed by atoms with Crippen LogP contribution in [0.4, 0.5) is 10.1 Å². The highest BCUT2D eigenvalue weighted by atomic mass is 19.1. The molecule has 0 aliphatic carbocycles. The van der Waals surface area contributed by atoms with Crippen LogP contribution in [0.5, 0.6) is 0 Å². The standard InChI is InChI=1S/C23H30FN5O2/c1-25-23(26-15-17-4-7-19(8-5-17)22(30)28(2)3)27-16-18-6-9-21(20(24)14-18)29-10-12-31-13-11-29/h4-9,14H,10-13,15-16H2,1-3H3,(H2,25,26,27). The number of halogens is 1. The van der Waals surface area contributed by atoms with Gasteiger partial charge in [-0.3, -0.25) is 9.79 Å². The summed E-state index contributed by atoms with van der Waals surface area (Å²) in [4.78, 5) is 19.7. The van der Waals surface area contributed by atoms with Crippen molar-refractivity contribution in [2.45, 2.75) is 13.1 Å². The van der Waals surface area contributed by atoms with E-state index < -0.39 is 0 Å². The number of benzene rings is 2. The number of anilines is 1. The molecule has 31 heavy (non-hydrogen) atoms. The highest BCUT2D eigenvalue weighted by Gasteiger charge is 2.15. The second kappa shape index (κ2) is 10.8. The lowest BCUT2D eigenvalue weighted by Crippen LogP contribution is -2.37. The Bertz CT molecular complexity index is 909. The van der Waals surface area contributed by atoms with Crippen molar-refractivity contribution in [2.75, 3.05) is 52.3 Å². The highest BCUT2D eigenvalue weighted by molar-refractivity contribution is 5.93. The van der Waals surface area contributed by atoms with Crippen molar-refractivity contribution in [3.05, 3.63) is 65.0 Å². The van der Waals surface area contributed by atoms with E-state index in [1.807, 2.05) is 41.3 Å². The molecule has 7 nitrogen and oxygen atoms in total. The first-order valence-corrected chi connectivity index (χ1v) is 10.3. The smallest absolute Gasteiger partial charge is 0.253 e. The van der Waals surface area contributed by atoms with Gasteiger partial charge in [-0.05, 0) is 35.4 Å². The molecule has 8 heteroatoms. The number of hydrogen-bond acceptors (Lipinski definition) is 4. The van der Waals surface area contributed by atoms with Crippen molar-refractivity contribution >= 4 is 17.6 Å². The Balaban J connectivity index is 1.51. The van der Waals surface area contributed by atoms with E-state index in [0.717, 1.165) is 11.1 Å². The van der Waals surface area contributed by atoms with Crippen LogP contribution in [0, 0.1) is 5.82 Å². The van der Waals surface area contributed by atoms with E-state index in [0.29, 0.717) is 56.6 Å². The number of aliphatic imine (C=N–C) groups is 1. The molecule has 1 aliphatic rings. The van der Waals surface area contributed by atoms with E-state index in [9.17, 15) is 9.18 Å². The van der Waals surface area contributed by atoms with Gasteiger partial charge in [0.1, 0.15) is 5.82 Å². The number of carbonyl (C=O) groups excluding carboxylic acids is 1. The van der Waals surface area contributed by atoms with Crippen LogP contribution >= 0.6 is 0 Å². The number of morpholine rings is 1. The fourth-order valence-corrected chi connectivity index (χ4v) is 3.34. The number of guanidine groups is 1. The summed E-state index contributed by atoms with van der Waals surface area (Å²) < 4.78 is 19.9. The molecular formula is C23H30FN5O2. The van der Waals surface area contributed by atoms with Gasteiger partial charge in [-0.15, -0.1) is 0 Å². The number of ether oxygens (including phenoxy) is 1. The Hall–Kier alpha value is -3.13. The number of amides is 1. The molecule has 0 unspecified atom stereocenters. The highest BCUT2D eigenvalue weighted by Crippen LogP contribution is 2.21. The maximum atomic E-state index is 14.6. The molecule has 3 rings (SSSR count). The second-order valence-corrected chi connectivity index (χ2v) is 7.56. The summed E-state index contributed by atoms with van der Waals surface area (Å²) in [7, 11) is 5.15. The van der Waals surface area contributed by atoms with E-state index in [4.69, 9.17) is 4.74 Å². The van der Waals surface area contributed by atoms with Gasteiger partial charge in [-0.2, -0.15) is 0 Å². The normalized spacial score (nSPS) is 14.3. The lowest BCUT2D eigenvalue weighted by molar-refractivity contribution is 0.0827. The molecular weight excluding hydrogens is 397 g/mol. The Kier molecular flexibility index (Phi) is 7.83. The van der Waals surface area contributed by atoms with Crippen molar-refractivity contribution < 1.29 is 13.9 Å². The van der Waals surface area contributed by atoms with Crippen LogP contribution in [-0.4, -0.2) is 64.2 Å². The monoisotopic (exact) mass is 427 g/mol. The SMILES string of the molecule is CN=C(NCc1ccc(C(=O)N(C)C)cc1)NCc1ccc(N2CCOCC2)c(F)c1. The average molecular weight is 428 g/mol.